The molecule has 100 valence electrons. The number of benzene rings is 1. The van der Waals surface area contributed by atoms with E-state index in [1.54, 1.807) is 24.3 Å². The minimum atomic E-state index is 0.0267. The van der Waals surface area contributed by atoms with Crippen molar-refractivity contribution in [3.05, 3.63) is 35.4 Å². The van der Waals surface area contributed by atoms with Crippen LogP contribution in [0.15, 0.2) is 24.3 Å². The zero-order valence-electron chi connectivity index (χ0n) is 11.0. The fourth-order valence-electron chi connectivity index (χ4n) is 2.63. The molecule has 0 bridgehead atoms. The van der Waals surface area contributed by atoms with Crippen LogP contribution in [-0.4, -0.2) is 30.4 Å². The fourth-order valence-corrected chi connectivity index (χ4v) is 2.63. The van der Waals surface area contributed by atoms with Gasteiger partial charge in [0.15, 0.2) is 0 Å². The van der Waals surface area contributed by atoms with E-state index in [-0.39, 0.29) is 5.91 Å². The van der Waals surface area contributed by atoms with Gasteiger partial charge in [0.1, 0.15) is 0 Å². The van der Waals surface area contributed by atoms with E-state index in [4.69, 9.17) is 11.0 Å². The van der Waals surface area contributed by atoms with Gasteiger partial charge in [-0.3, -0.25) is 4.79 Å². The molecule has 0 radical (unpaired) electrons. The van der Waals surface area contributed by atoms with Gasteiger partial charge in [-0.05, 0) is 49.9 Å². The lowest BCUT2D eigenvalue weighted by molar-refractivity contribution is 0.0669. The first-order chi connectivity index (χ1) is 9.24. The van der Waals surface area contributed by atoms with E-state index >= 15 is 0 Å². The summed E-state index contributed by atoms with van der Waals surface area (Å²) in [5.41, 5.74) is 6.72. The number of amides is 1. The van der Waals surface area contributed by atoms with Gasteiger partial charge in [0, 0.05) is 18.7 Å². The highest BCUT2D eigenvalue weighted by molar-refractivity contribution is 5.94. The molecule has 4 nitrogen and oxygen atoms in total. The number of carbonyl (C=O) groups excluding carboxylic acids is 1. The lowest BCUT2D eigenvalue weighted by Crippen LogP contribution is -2.40. The van der Waals surface area contributed by atoms with Crippen molar-refractivity contribution >= 4 is 5.91 Å². The maximum atomic E-state index is 12.4. The van der Waals surface area contributed by atoms with Crippen molar-refractivity contribution in [1.29, 1.82) is 5.26 Å². The van der Waals surface area contributed by atoms with Gasteiger partial charge in [-0.25, -0.2) is 0 Å². The molecule has 4 heteroatoms. The Morgan fingerprint density at radius 2 is 2.37 bits per heavy atom. The highest BCUT2D eigenvalue weighted by Crippen LogP contribution is 2.21. The first-order valence-corrected chi connectivity index (χ1v) is 6.74. The van der Waals surface area contributed by atoms with E-state index in [1.165, 1.54) is 0 Å². The first-order valence-electron chi connectivity index (χ1n) is 6.74. The van der Waals surface area contributed by atoms with Gasteiger partial charge in [-0.15, -0.1) is 0 Å². The summed E-state index contributed by atoms with van der Waals surface area (Å²) in [5, 5.41) is 8.88. The number of hydrogen-bond donors (Lipinski definition) is 1. The Bertz CT molecular complexity index is 490. The summed E-state index contributed by atoms with van der Waals surface area (Å²) >= 11 is 0. The molecule has 2 N–H and O–H groups in total. The Morgan fingerprint density at radius 3 is 3.11 bits per heavy atom. The number of likely N-dealkylation sites (tertiary alicyclic amines) is 1. The number of piperidine rings is 1. The van der Waals surface area contributed by atoms with Crippen LogP contribution in [0.25, 0.3) is 0 Å². The SMILES string of the molecule is N#Cc1cccc(C(=O)N2CCCC(CCN)C2)c1. The summed E-state index contributed by atoms with van der Waals surface area (Å²) in [6.45, 7) is 2.26. The number of hydrogen-bond acceptors (Lipinski definition) is 3. The van der Waals surface area contributed by atoms with Gasteiger partial charge >= 0.3 is 0 Å². The Balaban J connectivity index is 2.08. The van der Waals surface area contributed by atoms with Crippen LogP contribution in [0, 0.1) is 17.2 Å². The Labute approximate surface area is 113 Å². The zero-order valence-corrected chi connectivity index (χ0v) is 11.0. The van der Waals surface area contributed by atoms with Crippen LogP contribution in [-0.2, 0) is 0 Å². The van der Waals surface area contributed by atoms with Crippen molar-refractivity contribution in [2.45, 2.75) is 19.3 Å². The van der Waals surface area contributed by atoms with Gasteiger partial charge in [0.25, 0.3) is 5.91 Å². The summed E-state index contributed by atoms with van der Waals surface area (Å²) in [5.74, 6) is 0.542. The number of carbonyl (C=O) groups is 1. The fraction of sp³-hybridized carbons (Fsp3) is 0.467. The molecule has 2 rings (SSSR count). The van der Waals surface area contributed by atoms with E-state index in [0.717, 1.165) is 32.4 Å². The molecule has 0 aromatic heterocycles. The molecule has 0 aliphatic carbocycles. The molecule has 1 amide bonds. The maximum Gasteiger partial charge on any atom is 0.253 e. The van der Waals surface area contributed by atoms with Crippen LogP contribution in [0.5, 0.6) is 0 Å². The highest BCUT2D eigenvalue weighted by atomic mass is 16.2. The Hall–Kier alpha value is -1.86. The lowest BCUT2D eigenvalue weighted by atomic mass is 9.94. The Morgan fingerprint density at radius 1 is 1.53 bits per heavy atom. The first kappa shape index (κ1) is 13.6. The third kappa shape index (κ3) is 3.33. The molecular weight excluding hydrogens is 238 g/mol. The van der Waals surface area contributed by atoms with Crippen LogP contribution in [0.2, 0.25) is 0 Å². The topological polar surface area (TPSA) is 70.1 Å². The monoisotopic (exact) mass is 257 g/mol. The standard InChI is InChI=1S/C15H19N3O/c16-7-6-12-4-2-8-18(11-12)15(19)14-5-1-3-13(9-14)10-17/h1,3,5,9,12H,2,4,6-8,11,16H2. The van der Waals surface area contributed by atoms with Crippen LogP contribution < -0.4 is 5.73 Å². The van der Waals surface area contributed by atoms with Crippen LogP contribution in [0.3, 0.4) is 0 Å². The predicted molar refractivity (Wildman–Crippen MR) is 73.5 cm³/mol. The lowest BCUT2D eigenvalue weighted by Gasteiger charge is -2.32. The third-order valence-corrected chi connectivity index (χ3v) is 3.62. The van der Waals surface area contributed by atoms with Crippen LogP contribution in [0.1, 0.15) is 35.2 Å². The molecule has 1 fully saturated rings. The normalized spacial score (nSPS) is 18.9. The van der Waals surface area contributed by atoms with Crippen molar-refractivity contribution in [2.75, 3.05) is 19.6 Å². The van der Waals surface area contributed by atoms with Crippen molar-refractivity contribution in [1.82, 2.24) is 4.90 Å². The van der Waals surface area contributed by atoms with Gasteiger partial charge in [-0.2, -0.15) is 5.26 Å². The maximum absolute atomic E-state index is 12.4. The second-order valence-corrected chi connectivity index (χ2v) is 5.03. The van der Waals surface area contributed by atoms with Gasteiger partial charge in [0.05, 0.1) is 11.6 Å². The van der Waals surface area contributed by atoms with E-state index in [0.29, 0.717) is 23.6 Å². The number of nitrogens with zero attached hydrogens (tertiary/aromatic N) is 2. The molecule has 1 aromatic rings. The summed E-state index contributed by atoms with van der Waals surface area (Å²) in [6.07, 6.45) is 3.16. The molecule has 1 saturated heterocycles. The van der Waals surface area contributed by atoms with E-state index in [2.05, 4.69) is 6.07 Å². The molecule has 0 saturated carbocycles. The molecule has 19 heavy (non-hydrogen) atoms. The summed E-state index contributed by atoms with van der Waals surface area (Å²) in [4.78, 5) is 14.3. The molecule has 0 spiro atoms. The summed E-state index contributed by atoms with van der Waals surface area (Å²) < 4.78 is 0. The molecule has 1 atom stereocenters. The van der Waals surface area contributed by atoms with E-state index in [1.807, 2.05) is 4.90 Å². The van der Waals surface area contributed by atoms with Gasteiger partial charge in [-0.1, -0.05) is 6.07 Å². The highest BCUT2D eigenvalue weighted by Gasteiger charge is 2.24. The second-order valence-electron chi connectivity index (χ2n) is 5.03. The average molecular weight is 257 g/mol. The number of nitrogens with two attached hydrogens (primary N) is 1. The van der Waals surface area contributed by atoms with Gasteiger partial charge < -0.3 is 10.6 Å². The number of nitriles is 1. The largest absolute Gasteiger partial charge is 0.338 e. The van der Waals surface area contributed by atoms with Crippen molar-refractivity contribution in [3.63, 3.8) is 0 Å². The minimum Gasteiger partial charge on any atom is -0.338 e. The molecule has 1 aliphatic rings. The molecule has 1 aliphatic heterocycles. The molecular formula is C15H19N3O. The predicted octanol–water partition coefficient (Wildman–Crippen LogP) is 1.76. The minimum absolute atomic E-state index is 0.0267. The van der Waals surface area contributed by atoms with Gasteiger partial charge in [0.2, 0.25) is 0 Å². The smallest absolute Gasteiger partial charge is 0.253 e. The van der Waals surface area contributed by atoms with Crippen molar-refractivity contribution < 1.29 is 4.79 Å². The van der Waals surface area contributed by atoms with Crippen LogP contribution >= 0.6 is 0 Å². The molecule has 1 aromatic carbocycles. The van der Waals surface area contributed by atoms with Crippen LogP contribution in [0.4, 0.5) is 0 Å². The van der Waals surface area contributed by atoms with Crippen molar-refractivity contribution in [3.8, 4) is 6.07 Å². The second kappa shape index (κ2) is 6.35. The van der Waals surface area contributed by atoms with E-state index < -0.39 is 0 Å². The molecule has 1 unspecified atom stereocenters. The average Bonchev–Trinajstić information content (AvgIpc) is 2.47. The molecule has 1 heterocycles. The summed E-state index contributed by atoms with van der Waals surface area (Å²) in [7, 11) is 0. The third-order valence-electron chi connectivity index (χ3n) is 3.62. The summed E-state index contributed by atoms with van der Waals surface area (Å²) in [6, 6.07) is 8.97. The van der Waals surface area contributed by atoms with E-state index in [9.17, 15) is 4.79 Å². The van der Waals surface area contributed by atoms with Crippen molar-refractivity contribution in [2.24, 2.45) is 11.7 Å². The quantitative estimate of drug-likeness (QED) is 0.897. The number of rotatable bonds is 3. The zero-order chi connectivity index (χ0) is 13.7. The Kier molecular flexibility index (Phi) is 4.53.